The maximum absolute atomic E-state index is 12.4. The van der Waals surface area contributed by atoms with Crippen LogP contribution in [-0.4, -0.2) is 32.4 Å². The second-order valence-electron chi connectivity index (χ2n) is 7.17. The first kappa shape index (κ1) is 18.0. The lowest BCUT2D eigenvalue weighted by atomic mass is 9.95. The van der Waals surface area contributed by atoms with Crippen LogP contribution in [0, 0.1) is 19.3 Å². The predicted molar refractivity (Wildman–Crippen MR) is 90.1 cm³/mol. The molecule has 1 fully saturated rings. The number of hydrogen-bond acceptors (Lipinski definition) is 4. The van der Waals surface area contributed by atoms with Crippen molar-refractivity contribution in [2.45, 2.75) is 53.2 Å². The molecule has 0 radical (unpaired) electrons. The smallest absolute Gasteiger partial charge is 0.162 e. The van der Waals surface area contributed by atoms with Gasteiger partial charge >= 0.3 is 0 Å². The first-order chi connectivity index (χ1) is 10.8. The Morgan fingerprint density at radius 3 is 2.30 bits per heavy atom. The number of benzene rings is 1. The second kappa shape index (κ2) is 7.45. The summed E-state index contributed by atoms with van der Waals surface area (Å²) in [4.78, 5) is 12.4. The van der Waals surface area contributed by atoms with E-state index in [1.54, 1.807) is 7.11 Å². The highest BCUT2D eigenvalue weighted by Crippen LogP contribution is 2.27. The molecule has 0 amide bonds. The van der Waals surface area contributed by atoms with Crippen molar-refractivity contribution in [2.75, 3.05) is 20.3 Å². The molecule has 128 valence electrons. The Morgan fingerprint density at radius 1 is 1.22 bits per heavy atom. The van der Waals surface area contributed by atoms with Gasteiger partial charge in [0.2, 0.25) is 0 Å². The molecule has 0 unspecified atom stereocenters. The Bertz CT molecular complexity index is 529. The molecule has 1 aromatic rings. The minimum Gasteiger partial charge on any atom is -0.496 e. The van der Waals surface area contributed by atoms with E-state index < -0.39 is 0 Å². The van der Waals surface area contributed by atoms with Crippen molar-refractivity contribution in [1.29, 1.82) is 0 Å². The minimum atomic E-state index is -0.171. The number of ketones is 1. The topological polar surface area (TPSA) is 44.8 Å². The van der Waals surface area contributed by atoms with Gasteiger partial charge in [-0.05, 0) is 49.9 Å². The average Bonchev–Trinajstić information content (AvgIpc) is 2.48. The number of ether oxygens (including phenoxy) is 3. The molecule has 4 heteroatoms. The zero-order valence-corrected chi connectivity index (χ0v) is 14.9. The summed E-state index contributed by atoms with van der Waals surface area (Å²) in [5, 5.41) is 0. The number of aryl methyl sites for hydroxylation is 2. The summed E-state index contributed by atoms with van der Waals surface area (Å²) >= 11 is 0. The molecule has 0 saturated carbocycles. The van der Waals surface area contributed by atoms with E-state index in [0.29, 0.717) is 19.6 Å². The fraction of sp³-hybridized carbons (Fsp3) is 0.632. The van der Waals surface area contributed by atoms with Crippen molar-refractivity contribution in [3.63, 3.8) is 0 Å². The zero-order valence-electron chi connectivity index (χ0n) is 14.9. The molecule has 1 aromatic carbocycles. The van der Waals surface area contributed by atoms with Crippen LogP contribution in [0.5, 0.6) is 5.75 Å². The summed E-state index contributed by atoms with van der Waals surface area (Å²) in [6.45, 7) is 9.61. The van der Waals surface area contributed by atoms with Crippen LogP contribution in [0.25, 0.3) is 0 Å². The molecule has 1 aliphatic heterocycles. The van der Waals surface area contributed by atoms with E-state index >= 15 is 0 Å². The van der Waals surface area contributed by atoms with Gasteiger partial charge in [-0.1, -0.05) is 13.8 Å². The molecule has 23 heavy (non-hydrogen) atoms. The number of hydrogen-bond donors (Lipinski definition) is 0. The van der Waals surface area contributed by atoms with Gasteiger partial charge in [-0.3, -0.25) is 4.79 Å². The first-order valence-corrected chi connectivity index (χ1v) is 8.24. The van der Waals surface area contributed by atoms with E-state index in [2.05, 4.69) is 13.8 Å². The Labute approximate surface area is 139 Å². The van der Waals surface area contributed by atoms with E-state index in [4.69, 9.17) is 14.2 Å². The molecule has 1 saturated heterocycles. The molecule has 0 N–H and O–H groups in total. The van der Waals surface area contributed by atoms with Crippen LogP contribution in [0.3, 0.4) is 0 Å². The van der Waals surface area contributed by atoms with Gasteiger partial charge in [0.15, 0.2) is 12.1 Å². The van der Waals surface area contributed by atoms with Gasteiger partial charge in [-0.2, -0.15) is 0 Å². The maximum Gasteiger partial charge on any atom is 0.162 e. The Balaban J connectivity index is 1.84. The number of rotatable bonds is 6. The van der Waals surface area contributed by atoms with E-state index in [0.717, 1.165) is 35.3 Å². The quantitative estimate of drug-likeness (QED) is 0.741. The van der Waals surface area contributed by atoms with E-state index in [-0.39, 0.29) is 17.5 Å². The van der Waals surface area contributed by atoms with Gasteiger partial charge in [0.05, 0.1) is 20.3 Å². The van der Waals surface area contributed by atoms with Crippen LogP contribution >= 0.6 is 0 Å². The van der Waals surface area contributed by atoms with Crippen molar-refractivity contribution in [3.05, 3.63) is 28.8 Å². The van der Waals surface area contributed by atoms with Gasteiger partial charge in [0, 0.05) is 17.4 Å². The van der Waals surface area contributed by atoms with Crippen molar-refractivity contribution in [1.82, 2.24) is 0 Å². The number of methoxy groups -OCH3 is 1. The first-order valence-electron chi connectivity index (χ1n) is 8.24. The average molecular weight is 320 g/mol. The molecule has 0 bridgehead atoms. The summed E-state index contributed by atoms with van der Waals surface area (Å²) in [7, 11) is 1.66. The van der Waals surface area contributed by atoms with Gasteiger partial charge in [0.1, 0.15) is 5.75 Å². The lowest BCUT2D eigenvalue weighted by Crippen LogP contribution is -2.37. The van der Waals surface area contributed by atoms with Gasteiger partial charge in [0.25, 0.3) is 0 Å². The fourth-order valence-corrected chi connectivity index (χ4v) is 2.90. The monoisotopic (exact) mass is 320 g/mol. The standard InChI is InChI=1S/C19H28O4/c1-13-9-15(10-14(2)18(13)21-5)16(20)7-6-8-17-22-11-19(3,4)12-23-17/h9-10,17H,6-8,11-12H2,1-5H3. The summed E-state index contributed by atoms with van der Waals surface area (Å²) in [5.41, 5.74) is 2.84. The Hall–Kier alpha value is -1.39. The van der Waals surface area contributed by atoms with Crippen LogP contribution in [-0.2, 0) is 9.47 Å². The second-order valence-corrected chi connectivity index (χ2v) is 7.17. The Kier molecular flexibility index (Phi) is 5.82. The summed E-state index contributed by atoms with van der Waals surface area (Å²) < 4.78 is 16.7. The molecule has 4 nitrogen and oxygen atoms in total. The SMILES string of the molecule is COc1c(C)cc(C(=O)CCCC2OCC(C)(C)CO2)cc1C. The minimum absolute atomic E-state index is 0.0878. The largest absolute Gasteiger partial charge is 0.496 e. The number of carbonyl (C=O) groups is 1. The molecule has 0 aromatic heterocycles. The van der Waals surface area contributed by atoms with Crippen LogP contribution in [0.4, 0.5) is 0 Å². The fourth-order valence-electron chi connectivity index (χ4n) is 2.90. The highest BCUT2D eigenvalue weighted by Gasteiger charge is 2.28. The molecule has 0 spiro atoms. The van der Waals surface area contributed by atoms with E-state index in [1.807, 2.05) is 26.0 Å². The normalized spacial score (nSPS) is 18.0. The molecular weight excluding hydrogens is 292 g/mol. The Morgan fingerprint density at radius 2 is 1.78 bits per heavy atom. The van der Waals surface area contributed by atoms with Crippen molar-refractivity contribution in [2.24, 2.45) is 5.41 Å². The van der Waals surface area contributed by atoms with Gasteiger partial charge in [-0.25, -0.2) is 0 Å². The predicted octanol–water partition coefficient (Wildman–Crippen LogP) is 4.06. The van der Waals surface area contributed by atoms with Gasteiger partial charge in [-0.15, -0.1) is 0 Å². The van der Waals surface area contributed by atoms with Crippen molar-refractivity contribution in [3.8, 4) is 5.75 Å². The van der Waals surface area contributed by atoms with Crippen molar-refractivity contribution >= 4 is 5.78 Å². The summed E-state index contributed by atoms with van der Waals surface area (Å²) in [6, 6.07) is 3.81. The third-order valence-electron chi connectivity index (χ3n) is 4.15. The van der Waals surface area contributed by atoms with E-state index in [1.165, 1.54) is 0 Å². The number of carbonyl (C=O) groups excluding carboxylic acids is 1. The molecule has 0 atom stereocenters. The molecule has 0 aliphatic carbocycles. The van der Waals surface area contributed by atoms with Crippen LogP contribution in [0.15, 0.2) is 12.1 Å². The van der Waals surface area contributed by atoms with Gasteiger partial charge < -0.3 is 14.2 Å². The van der Waals surface area contributed by atoms with Crippen LogP contribution in [0.1, 0.15) is 54.6 Å². The molecule has 1 heterocycles. The van der Waals surface area contributed by atoms with Crippen LogP contribution in [0.2, 0.25) is 0 Å². The summed E-state index contributed by atoms with van der Waals surface area (Å²) in [6.07, 6.45) is 1.87. The zero-order chi connectivity index (χ0) is 17.0. The lowest BCUT2D eigenvalue weighted by Gasteiger charge is -2.34. The van der Waals surface area contributed by atoms with E-state index in [9.17, 15) is 4.79 Å². The third-order valence-corrected chi connectivity index (χ3v) is 4.15. The highest BCUT2D eigenvalue weighted by atomic mass is 16.7. The molecule has 1 aliphatic rings. The highest BCUT2D eigenvalue weighted by molar-refractivity contribution is 5.96. The molecule has 2 rings (SSSR count). The van der Waals surface area contributed by atoms with Crippen molar-refractivity contribution < 1.29 is 19.0 Å². The maximum atomic E-state index is 12.4. The third kappa shape index (κ3) is 4.79. The van der Waals surface area contributed by atoms with Crippen LogP contribution < -0.4 is 4.74 Å². The lowest BCUT2D eigenvalue weighted by molar-refractivity contribution is -0.223. The molecular formula is C19H28O4. The summed E-state index contributed by atoms with van der Waals surface area (Å²) in [5.74, 6) is 1.02. The number of Topliss-reactive ketones (excluding diaryl/α,β-unsaturated/α-hetero) is 1.